The molecule has 3 N–H and O–H groups in total. The van der Waals surface area contributed by atoms with Crippen LogP contribution in [0.5, 0.6) is 0 Å². The summed E-state index contributed by atoms with van der Waals surface area (Å²) in [6.07, 6.45) is 3.84. The van der Waals surface area contributed by atoms with Crippen molar-refractivity contribution in [1.29, 1.82) is 0 Å². The van der Waals surface area contributed by atoms with Gasteiger partial charge in [-0.25, -0.2) is 9.78 Å². The van der Waals surface area contributed by atoms with E-state index in [0.29, 0.717) is 11.9 Å². The third kappa shape index (κ3) is 3.95. The van der Waals surface area contributed by atoms with E-state index in [-0.39, 0.29) is 6.03 Å². The van der Waals surface area contributed by atoms with E-state index in [2.05, 4.69) is 40.0 Å². The minimum atomic E-state index is -0.190. The summed E-state index contributed by atoms with van der Waals surface area (Å²) in [7, 11) is 0. The van der Waals surface area contributed by atoms with Crippen LogP contribution in [-0.4, -0.2) is 17.1 Å². The van der Waals surface area contributed by atoms with Gasteiger partial charge in [-0.15, -0.1) is 0 Å². The fourth-order valence-corrected chi connectivity index (χ4v) is 2.00. The Kier molecular flexibility index (Phi) is 3.73. The number of aryl methyl sites for hydroxylation is 1. The molecule has 2 amide bonds. The Balaban J connectivity index is 1.59. The Morgan fingerprint density at radius 2 is 2.05 bits per heavy atom. The van der Waals surface area contributed by atoms with Gasteiger partial charge >= 0.3 is 6.03 Å². The molecule has 1 heterocycles. The second kappa shape index (κ2) is 5.83. The number of benzene rings is 1. The van der Waals surface area contributed by atoms with Gasteiger partial charge in [-0.05, 0) is 49.6 Å². The lowest BCUT2D eigenvalue weighted by Crippen LogP contribution is -2.30. The summed E-state index contributed by atoms with van der Waals surface area (Å²) >= 11 is 0. The van der Waals surface area contributed by atoms with Crippen LogP contribution in [0, 0.1) is 6.92 Å². The molecule has 0 atom stereocenters. The van der Waals surface area contributed by atoms with Gasteiger partial charge in [-0.1, -0.05) is 12.1 Å². The van der Waals surface area contributed by atoms with E-state index in [1.807, 2.05) is 18.2 Å². The lowest BCUT2D eigenvalue weighted by Gasteiger charge is -2.09. The van der Waals surface area contributed by atoms with Crippen molar-refractivity contribution >= 4 is 23.2 Å². The standard InChI is InChI=1S/C16H18N4O/c1-11-3-2-4-13(9-11)18-14-7-8-15(17-10-14)20-16(21)19-12-5-6-12/h2-4,7-10,12,18H,5-6H2,1H3,(H2,17,19,20,21). The van der Waals surface area contributed by atoms with Gasteiger partial charge in [0.15, 0.2) is 0 Å². The topological polar surface area (TPSA) is 66.0 Å². The molecule has 1 saturated carbocycles. The molecule has 0 saturated heterocycles. The van der Waals surface area contributed by atoms with Crippen LogP contribution in [0.15, 0.2) is 42.6 Å². The number of aromatic nitrogens is 1. The first-order chi connectivity index (χ1) is 10.2. The number of pyridine rings is 1. The molecule has 3 rings (SSSR count). The highest BCUT2D eigenvalue weighted by Crippen LogP contribution is 2.19. The van der Waals surface area contributed by atoms with Crippen LogP contribution in [0.3, 0.4) is 0 Å². The average molecular weight is 282 g/mol. The molecule has 0 aliphatic heterocycles. The zero-order valence-corrected chi connectivity index (χ0v) is 11.9. The molecule has 1 aliphatic rings. The number of carbonyl (C=O) groups excluding carboxylic acids is 1. The largest absolute Gasteiger partial charge is 0.354 e. The van der Waals surface area contributed by atoms with Gasteiger partial charge in [0.25, 0.3) is 0 Å². The summed E-state index contributed by atoms with van der Waals surface area (Å²) in [6, 6.07) is 11.9. The first kappa shape index (κ1) is 13.4. The third-order valence-electron chi connectivity index (χ3n) is 3.22. The van der Waals surface area contributed by atoms with Crippen molar-refractivity contribution in [3.05, 3.63) is 48.2 Å². The van der Waals surface area contributed by atoms with Crippen molar-refractivity contribution in [3.63, 3.8) is 0 Å². The van der Waals surface area contributed by atoms with E-state index >= 15 is 0 Å². The first-order valence-electron chi connectivity index (χ1n) is 7.06. The van der Waals surface area contributed by atoms with E-state index in [1.165, 1.54) is 5.56 Å². The molecule has 108 valence electrons. The minimum absolute atomic E-state index is 0.190. The molecule has 5 nitrogen and oxygen atoms in total. The molecular weight excluding hydrogens is 264 g/mol. The summed E-state index contributed by atoms with van der Waals surface area (Å²) in [5.74, 6) is 0.544. The molecule has 1 aliphatic carbocycles. The van der Waals surface area contributed by atoms with Crippen molar-refractivity contribution in [3.8, 4) is 0 Å². The number of hydrogen-bond acceptors (Lipinski definition) is 3. The number of anilines is 3. The summed E-state index contributed by atoms with van der Waals surface area (Å²) in [6.45, 7) is 2.05. The van der Waals surface area contributed by atoms with Crippen LogP contribution >= 0.6 is 0 Å². The molecule has 2 aromatic rings. The van der Waals surface area contributed by atoms with E-state index in [0.717, 1.165) is 24.2 Å². The van der Waals surface area contributed by atoms with E-state index in [1.54, 1.807) is 12.3 Å². The zero-order chi connectivity index (χ0) is 14.7. The number of rotatable bonds is 4. The minimum Gasteiger partial charge on any atom is -0.354 e. The van der Waals surface area contributed by atoms with Gasteiger partial charge in [0, 0.05) is 11.7 Å². The smallest absolute Gasteiger partial charge is 0.320 e. The van der Waals surface area contributed by atoms with Gasteiger partial charge in [-0.2, -0.15) is 0 Å². The first-order valence-corrected chi connectivity index (χ1v) is 7.06. The quantitative estimate of drug-likeness (QED) is 0.805. The third-order valence-corrected chi connectivity index (χ3v) is 3.22. The zero-order valence-electron chi connectivity index (χ0n) is 11.9. The highest BCUT2D eigenvalue weighted by atomic mass is 16.2. The summed E-state index contributed by atoms with van der Waals surface area (Å²) in [5.41, 5.74) is 3.10. The maximum absolute atomic E-state index is 11.6. The van der Waals surface area contributed by atoms with Crippen molar-refractivity contribution in [1.82, 2.24) is 10.3 Å². The lowest BCUT2D eigenvalue weighted by atomic mass is 10.2. The average Bonchev–Trinajstić information content (AvgIpc) is 3.25. The number of hydrogen-bond donors (Lipinski definition) is 3. The summed E-state index contributed by atoms with van der Waals surface area (Å²) < 4.78 is 0. The Morgan fingerprint density at radius 3 is 2.71 bits per heavy atom. The summed E-state index contributed by atoms with van der Waals surface area (Å²) in [4.78, 5) is 15.8. The van der Waals surface area contributed by atoms with Crippen molar-refractivity contribution in [2.45, 2.75) is 25.8 Å². The second-order valence-corrected chi connectivity index (χ2v) is 5.30. The van der Waals surface area contributed by atoms with Crippen LogP contribution < -0.4 is 16.0 Å². The predicted molar refractivity (Wildman–Crippen MR) is 83.9 cm³/mol. The predicted octanol–water partition coefficient (Wildman–Crippen LogP) is 3.42. The molecule has 21 heavy (non-hydrogen) atoms. The van der Waals surface area contributed by atoms with Crippen molar-refractivity contribution < 1.29 is 4.79 Å². The number of nitrogens with zero attached hydrogens (tertiary/aromatic N) is 1. The Morgan fingerprint density at radius 1 is 1.19 bits per heavy atom. The number of nitrogens with one attached hydrogen (secondary N) is 3. The van der Waals surface area contributed by atoms with Crippen LogP contribution in [-0.2, 0) is 0 Å². The highest BCUT2D eigenvalue weighted by molar-refractivity contribution is 5.88. The number of carbonyl (C=O) groups is 1. The van der Waals surface area contributed by atoms with Crippen molar-refractivity contribution in [2.75, 3.05) is 10.6 Å². The number of amides is 2. The molecule has 0 bridgehead atoms. The number of urea groups is 1. The Bertz CT molecular complexity index is 635. The fraction of sp³-hybridized carbons (Fsp3) is 0.250. The van der Waals surface area contributed by atoms with E-state index in [9.17, 15) is 4.79 Å². The lowest BCUT2D eigenvalue weighted by molar-refractivity contribution is 0.251. The van der Waals surface area contributed by atoms with E-state index < -0.39 is 0 Å². The van der Waals surface area contributed by atoms with Crippen molar-refractivity contribution in [2.24, 2.45) is 0 Å². The normalized spacial score (nSPS) is 13.6. The molecule has 1 aromatic heterocycles. The molecule has 0 radical (unpaired) electrons. The van der Waals surface area contributed by atoms with Crippen LogP contribution in [0.4, 0.5) is 22.0 Å². The molecule has 1 aromatic carbocycles. The van der Waals surface area contributed by atoms with Gasteiger partial charge in [-0.3, -0.25) is 5.32 Å². The van der Waals surface area contributed by atoms with Gasteiger partial charge < -0.3 is 10.6 Å². The maximum Gasteiger partial charge on any atom is 0.320 e. The van der Waals surface area contributed by atoms with E-state index in [4.69, 9.17) is 0 Å². The van der Waals surface area contributed by atoms with Gasteiger partial charge in [0.05, 0.1) is 11.9 Å². The Labute approximate surface area is 123 Å². The van der Waals surface area contributed by atoms with Crippen LogP contribution in [0.2, 0.25) is 0 Å². The second-order valence-electron chi connectivity index (χ2n) is 5.30. The Hall–Kier alpha value is -2.56. The maximum atomic E-state index is 11.6. The monoisotopic (exact) mass is 282 g/mol. The van der Waals surface area contributed by atoms with Gasteiger partial charge in [0.1, 0.15) is 5.82 Å². The van der Waals surface area contributed by atoms with Gasteiger partial charge in [0.2, 0.25) is 0 Å². The summed E-state index contributed by atoms with van der Waals surface area (Å²) in [5, 5.41) is 8.86. The molecule has 5 heteroatoms. The molecule has 0 unspecified atom stereocenters. The highest BCUT2D eigenvalue weighted by Gasteiger charge is 2.23. The SMILES string of the molecule is Cc1cccc(Nc2ccc(NC(=O)NC3CC3)nc2)c1. The van der Waals surface area contributed by atoms with Crippen LogP contribution in [0.25, 0.3) is 0 Å². The van der Waals surface area contributed by atoms with Crippen LogP contribution in [0.1, 0.15) is 18.4 Å². The molecule has 0 spiro atoms. The molecular formula is C16H18N4O. The molecule has 1 fully saturated rings. The fourth-order valence-electron chi connectivity index (χ4n) is 2.00.